The lowest BCUT2D eigenvalue weighted by atomic mass is 10.1. The van der Waals surface area contributed by atoms with Gasteiger partial charge in [0.1, 0.15) is 0 Å². The Bertz CT molecular complexity index is 988. The van der Waals surface area contributed by atoms with Crippen LogP contribution in [0.5, 0.6) is 0 Å². The Labute approximate surface area is 178 Å². The van der Waals surface area contributed by atoms with E-state index in [1.165, 1.54) is 22.0 Å². The lowest BCUT2D eigenvalue weighted by Gasteiger charge is -2.32. The van der Waals surface area contributed by atoms with Crippen molar-refractivity contribution in [2.24, 2.45) is 0 Å². The minimum Gasteiger partial charge on any atom is -0.466 e. The van der Waals surface area contributed by atoms with Crippen molar-refractivity contribution in [3.63, 3.8) is 0 Å². The summed E-state index contributed by atoms with van der Waals surface area (Å²) >= 11 is 0. The average Bonchev–Trinajstić information content (AvgIpc) is 3.03. The van der Waals surface area contributed by atoms with Crippen LogP contribution in [0, 0.1) is 0 Å². The molecule has 2 heterocycles. The minimum absolute atomic E-state index is 0.158. The van der Waals surface area contributed by atoms with Gasteiger partial charge in [0.2, 0.25) is 0 Å². The predicted molar refractivity (Wildman–Crippen MR) is 121 cm³/mol. The molecular weight excluding hydrogens is 374 g/mol. The average molecular weight is 406 g/mol. The van der Waals surface area contributed by atoms with Crippen LogP contribution in [0.3, 0.4) is 0 Å². The van der Waals surface area contributed by atoms with Crippen molar-refractivity contribution in [2.75, 3.05) is 39.8 Å². The van der Waals surface area contributed by atoms with E-state index in [-0.39, 0.29) is 5.97 Å². The van der Waals surface area contributed by atoms with Gasteiger partial charge in [-0.3, -0.25) is 9.69 Å². The molecule has 30 heavy (non-hydrogen) atoms. The monoisotopic (exact) mass is 405 g/mol. The van der Waals surface area contributed by atoms with Crippen LogP contribution in [0.4, 0.5) is 0 Å². The molecule has 0 spiro atoms. The Morgan fingerprint density at radius 1 is 0.933 bits per heavy atom. The molecule has 3 aromatic rings. The highest BCUT2D eigenvalue weighted by Crippen LogP contribution is 2.29. The van der Waals surface area contributed by atoms with Gasteiger partial charge in [-0.1, -0.05) is 48.5 Å². The number of para-hydroxylation sites is 1. The third-order valence-corrected chi connectivity index (χ3v) is 5.97. The van der Waals surface area contributed by atoms with Crippen LogP contribution < -0.4 is 0 Å². The first-order valence-corrected chi connectivity index (χ1v) is 10.8. The summed E-state index contributed by atoms with van der Waals surface area (Å²) in [4.78, 5) is 17.4. The van der Waals surface area contributed by atoms with Crippen molar-refractivity contribution >= 4 is 16.9 Å². The van der Waals surface area contributed by atoms with Crippen molar-refractivity contribution in [1.29, 1.82) is 0 Å². The SMILES string of the molecule is CCOC(=O)Cc1c(CN2CCN(C)CC2)c2ccccc2n1Cc1ccccc1. The molecule has 1 aromatic heterocycles. The molecule has 1 saturated heterocycles. The van der Waals surface area contributed by atoms with E-state index >= 15 is 0 Å². The van der Waals surface area contributed by atoms with Gasteiger partial charge in [0, 0.05) is 55.9 Å². The maximum absolute atomic E-state index is 12.5. The maximum Gasteiger partial charge on any atom is 0.311 e. The zero-order chi connectivity index (χ0) is 20.9. The molecule has 0 N–H and O–H groups in total. The van der Waals surface area contributed by atoms with Crippen LogP contribution in [-0.2, 0) is 29.0 Å². The van der Waals surface area contributed by atoms with Crippen molar-refractivity contribution in [1.82, 2.24) is 14.4 Å². The van der Waals surface area contributed by atoms with Gasteiger partial charge in [-0.2, -0.15) is 0 Å². The standard InChI is InChI=1S/C25H31N3O2/c1-3-30-25(29)17-24-22(19-27-15-13-26(2)14-16-27)21-11-7-8-12-23(21)28(24)18-20-9-5-4-6-10-20/h4-12H,3,13-19H2,1-2H3. The zero-order valence-electron chi connectivity index (χ0n) is 18.0. The van der Waals surface area contributed by atoms with Crippen LogP contribution in [-0.4, -0.2) is 60.2 Å². The molecule has 1 aliphatic rings. The molecule has 1 aliphatic heterocycles. The number of likely N-dealkylation sites (N-methyl/N-ethyl adjacent to an activating group) is 1. The Morgan fingerprint density at radius 3 is 2.37 bits per heavy atom. The van der Waals surface area contributed by atoms with E-state index in [2.05, 4.69) is 69.9 Å². The number of carbonyl (C=O) groups excluding carboxylic acids is 1. The molecule has 0 bridgehead atoms. The van der Waals surface area contributed by atoms with Crippen LogP contribution in [0.1, 0.15) is 23.7 Å². The van der Waals surface area contributed by atoms with Gasteiger partial charge in [-0.25, -0.2) is 0 Å². The van der Waals surface area contributed by atoms with E-state index in [1.807, 2.05) is 13.0 Å². The van der Waals surface area contributed by atoms with Crippen molar-refractivity contribution in [3.05, 3.63) is 71.4 Å². The normalized spacial score (nSPS) is 15.5. The van der Waals surface area contributed by atoms with Gasteiger partial charge in [0.25, 0.3) is 0 Å². The second-order valence-corrected chi connectivity index (χ2v) is 8.08. The van der Waals surface area contributed by atoms with Crippen LogP contribution in [0.25, 0.3) is 10.9 Å². The molecule has 0 saturated carbocycles. The molecule has 0 atom stereocenters. The van der Waals surface area contributed by atoms with Crippen molar-refractivity contribution < 1.29 is 9.53 Å². The van der Waals surface area contributed by atoms with Gasteiger partial charge in [-0.05, 0) is 31.2 Å². The highest BCUT2D eigenvalue weighted by atomic mass is 16.5. The van der Waals surface area contributed by atoms with E-state index < -0.39 is 0 Å². The number of fused-ring (bicyclic) bond motifs is 1. The van der Waals surface area contributed by atoms with E-state index in [0.717, 1.165) is 45.0 Å². The summed E-state index contributed by atoms with van der Waals surface area (Å²) in [5.74, 6) is -0.158. The molecule has 1 fully saturated rings. The second kappa shape index (κ2) is 9.45. The van der Waals surface area contributed by atoms with Crippen LogP contribution >= 0.6 is 0 Å². The zero-order valence-corrected chi connectivity index (χ0v) is 18.0. The number of esters is 1. The van der Waals surface area contributed by atoms with Gasteiger partial charge >= 0.3 is 5.97 Å². The molecule has 5 heteroatoms. The van der Waals surface area contributed by atoms with Crippen LogP contribution in [0.15, 0.2) is 54.6 Å². The van der Waals surface area contributed by atoms with E-state index in [1.54, 1.807) is 0 Å². The number of carbonyl (C=O) groups is 1. The maximum atomic E-state index is 12.5. The Hall–Kier alpha value is -2.63. The molecule has 4 rings (SSSR count). The van der Waals surface area contributed by atoms with E-state index in [4.69, 9.17) is 4.74 Å². The lowest BCUT2D eigenvalue weighted by molar-refractivity contribution is -0.142. The first-order valence-electron chi connectivity index (χ1n) is 10.8. The molecule has 0 unspecified atom stereocenters. The summed E-state index contributed by atoms with van der Waals surface area (Å²) in [7, 11) is 2.18. The Kier molecular flexibility index (Phi) is 6.50. The summed E-state index contributed by atoms with van der Waals surface area (Å²) in [6, 6.07) is 19.0. The first kappa shape index (κ1) is 20.6. The number of nitrogens with zero attached hydrogens (tertiary/aromatic N) is 3. The lowest BCUT2D eigenvalue weighted by Crippen LogP contribution is -2.44. The fourth-order valence-corrected chi connectivity index (χ4v) is 4.33. The molecule has 2 aromatic carbocycles. The topological polar surface area (TPSA) is 37.7 Å². The number of ether oxygens (including phenoxy) is 1. The molecular formula is C25H31N3O2. The fourth-order valence-electron chi connectivity index (χ4n) is 4.33. The summed E-state index contributed by atoms with van der Waals surface area (Å²) in [6.45, 7) is 8.14. The number of rotatable bonds is 7. The number of benzene rings is 2. The highest BCUT2D eigenvalue weighted by molar-refractivity contribution is 5.87. The quantitative estimate of drug-likeness (QED) is 0.564. The molecule has 0 amide bonds. The smallest absolute Gasteiger partial charge is 0.311 e. The van der Waals surface area contributed by atoms with E-state index in [0.29, 0.717) is 13.0 Å². The third kappa shape index (κ3) is 4.58. The Morgan fingerprint density at radius 2 is 1.63 bits per heavy atom. The summed E-state index contributed by atoms with van der Waals surface area (Å²) in [5.41, 5.74) is 4.76. The number of piperazine rings is 1. The molecule has 0 aliphatic carbocycles. The summed E-state index contributed by atoms with van der Waals surface area (Å²) < 4.78 is 7.65. The third-order valence-electron chi connectivity index (χ3n) is 5.97. The Balaban J connectivity index is 1.76. The highest BCUT2D eigenvalue weighted by Gasteiger charge is 2.23. The second-order valence-electron chi connectivity index (χ2n) is 8.08. The fraction of sp³-hybridized carbons (Fsp3) is 0.400. The molecule has 0 radical (unpaired) electrons. The largest absolute Gasteiger partial charge is 0.466 e. The molecule has 158 valence electrons. The number of hydrogen-bond acceptors (Lipinski definition) is 4. The molecule has 5 nitrogen and oxygen atoms in total. The van der Waals surface area contributed by atoms with Gasteiger partial charge in [0.15, 0.2) is 0 Å². The minimum atomic E-state index is -0.158. The predicted octanol–water partition coefficient (Wildman–Crippen LogP) is 3.54. The van der Waals surface area contributed by atoms with Gasteiger partial charge in [-0.15, -0.1) is 0 Å². The summed E-state index contributed by atoms with van der Waals surface area (Å²) in [5, 5.41) is 1.24. The number of hydrogen-bond donors (Lipinski definition) is 0. The van der Waals surface area contributed by atoms with Crippen LogP contribution in [0.2, 0.25) is 0 Å². The van der Waals surface area contributed by atoms with Crippen molar-refractivity contribution in [3.8, 4) is 0 Å². The summed E-state index contributed by atoms with van der Waals surface area (Å²) in [6.07, 6.45) is 0.304. The van der Waals surface area contributed by atoms with Gasteiger partial charge < -0.3 is 14.2 Å². The van der Waals surface area contributed by atoms with Gasteiger partial charge in [0.05, 0.1) is 13.0 Å². The number of aromatic nitrogens is 1. The van der Waals surface area contributed by atoms with E-state index in [9.17, 15) is 4.79 Å². The van der Waals surface area contributed by atoms with Crippen molar-refractivity contribution in [2.45, 2.75) is 26.4 Å². The first-order chi connectivity index (χ1) is 14.7.